The van der Waals surface area contributed by atoms with Crippen LogP contribution in [0.5, 0.6) is 0 Å². The number of carbonyl (C=O) groups excluding carboxylic acids is 1. The van der Waals surface area contributed by atoms with Gasteiger partial charge in [0.25, 0.3) is 0 Å². The lowest BCUT2D eigenvalue weighted by atomic mass is 9.77. The van der Waals surface area contributed by atoms with Gasteiger partial charge in [-0.25, -0.2) is 17.9 Å². The third-order valence-corrected chi connectivity index (χ3v) is 4.56. The van der Waals surface area contributed by atoms with Crippen LogP contribution in [0.15, 0.2) is 23.1 Å². The van der Waals surface area contributed by atoms with E-state index in [2.05, 4.69) is 5.32 Å². The van der Waals surface area contributed by atoms with Gasteiger partial charge in [-0.3, -0.25) is 4.79 Å². The van der Waals surface area contributed by atoms with Gasteiger partial charge in [-0.2, -0.15) is 0 Å². The highest BCUT2D eigenvalue weighted by Gasteiger charge is 2.39. The lowest BCUT2D eigenvalue weighted by Gasteiger charge is -2.39. The average Bonchev–Trinajstić information content (AvgIpc) is 2.32. The minimum atomic E-state index is -4.03. The van der Waals surface area contributed by atoms with Crippen LogP contribution in [0.4, 0.5) is 10.1 Å². The Morgan fingerprint density at radius 2 is 2.10 bits per heavy atom. The fraction of sp³-hybridized carbons (Fsp3) is 0.462. The molecule has 0 spiro atoms. The number of primary sulfonamides is 1. The highest BCUT2D eigenvalue weighted by molar-refractivity contribution is 7.89. The molecule has 0 bridgehead atoms. The number of carbonyl (C=O) groups is 1. The second kappa shape index (κ2) is 5.70. The number of hydrogen-bond donors (Lipinski definition) is 2. The number of benzene rings is 1. The number of nitrogens with one attached hydrogen (secondary N) is 1. The molecule has 1 aromatic rings. The van der Waals surface area contributed by atoms with Crippen LogP contribution >= 0.6 is 0 Å². The smallest absolute Gasteiger partial charge is 0.238 e. The van der Waals surface area contributed by atoms with Gasteiger partial charge < -0.3 is 10.1 Å². The second-order valence-electron chi connectivity index (χ2n) is 5.19. The maximum atomic E-state index is 13.4. The topological polar surface area (TPSA) is 98.5 Å². The summed E-state index contributed by atoms with van der Waals surface area (Å²) in [5.74, 6) is -1.15. The maximum absolute atomic E-state index is 13.4. The van der Waals surface area contributed by atoms with Crippen LogP contribution in [0.3, 0.4) is 0 Å². The fourth-order valence-corrected chi connectivity index (χ4v) is 2.89. The van der Waals surface area contributed by atoms with Crippen molar-refractivity contribution in [3.05, 3.63) is 24.0 Å². The number of anilines is 1. The number of hydrogen-bond acceptors (Lipinski definition) is 4. The molecule has 1 aliphatic carbocycles. The highest BCUT2D eigenvalue weighted by atomic mass is 32.2. The third-order valence-electron chi connectivity index (χ3n) is 3.66. The molecular formula is C13H17FN2O4S. The number of rotatable bonds is 5. The highest BCUT2D eigenvalue weighted by Crippen LogP contribution is 2.38. The first-order valence-corrected chi connectivity index (χ1v) is 7.97. The van der Waals surface area contributed by atoms with E-state index in [1.54, 1.807) is 7.11 Å². The van der Waals surface area contributed by atoms with Crippen LogP contribution in [0, 0.1) is 5.82 Å². The van der Waals surface area contributed by atoms with Gasteiger partial charge in [-0.1, -0.05) is 0 Å². The van der Waals surface area contributed by atoms with Crippen molar-refractivity contribution in [2.45, 2.75) is 36.2 Å². The number of halogens is 1. The SMILES string of the molecule is COC1(CC(=O)Nc2cc(F)cc(S(N)(=O)=O)c2)CCC1. The fourth-order valence-electron chi connectivity index (χ4n) is 2.32. The Kier molecular flexibility index (Phi) is 4.31. The molecule has 0 unspecified atom stereocenters. The van der Waals surface area contributed by atoms with Gasteiger partial charge in [0.1, 0.15) is 5.82 Å². The molecule has 0 aliphatic heterocycles. The predicted octanol–water partition coefficient (Wildman–Crippen LogP) is 1.37. The molecule has 1 fully saturated rings. The summed E-state index contributed by atoms with van der Waals surface area (Å²) in [4.78, 5) is 11.6. The van der Waals surface area contributed by atoms with Crippen LogP contribution in [0.1, 0.15) is 25.7 Å². The molecule has 21 heavy (non-hydrogen) atoms. The quantitative estimate of drug-likeness (QED) is 0.857. The van der Waals surface area contributed by atoms with Crippen LogP contribution < -0.4 is 10.5 Å². The van der Waals surface area contributed by atoms with E-state index in [1.807, 2.05) is 0 Å². The van der Waals surface area contributed by atoms with Crippen LogP contribution in [-0.2, 0) is 19.6 Å². The van der Waals surface area contributed by atoms with Gasteiger partial charge in [-0.15, -0.1) is 0 Å². The van der Waals surface area contributed by atoms with Gasteiger partial charge in [0.05, 0.1) is 16.9 Å². The molecule has 0 aromatic heterocycles. The molecule has 6 nitrogen and oxygen atoms in total. The molecule has 0 saturated heterocycles. The largest absolute Gasteiger partial charge is 0.378 e. The second-order valence-corrected chi connectivity index (χ2v) is 6.75. The molecule has 0 heterocycles. The summed E-state index contributed by atoms with van der Waals surface area (Å²) in [5.41, 5.74) is -0.408. The lowest BCUT2D eigenvalue weighted by Crippen LogP contribution is -2.42. The molecule has 2 rings (SSSR count). The summed E-state index contributed by atoms with van der Waals surface area (Å²) in [7, 11) is -2.48. The van der Waals surface area contributed by atoms with Crippen molar-refractivity contribution >= 4 is 21.6 Å². The Morgan fingerprint density at radius 3 is 2.57 bits per heavy atom. The lowest BCUT2D eigenvalue weighted by molar-refractivity contribution is -0.129. The van der Waals surface area contributed by atoms with E-state index in [0.29, 0.717) is 0 Å². The molecule has 1 amide bonds. The van der Waals surface area contributed by atoms with E-state index in [9.17, 15) is 17.6 Å². The molecule has 116 valence electrons. The van der Waals surface area contributed by atoms with Crippen molar-refractivity contribution in [2.75, 3.05) is 12.4 Å². The van der Waals surface area contributed by atoms with E-state index < -0.39 is 21.4 Å². The van der Waals surface area contributed by atoms with Crippen molar-refractivity contribution in [3.63, 3.8) is 0 Å². The molecule has 3 N–H and O–H groups in total. The minimum Gasteiger partial charge on any atom is -0.378 e. The van der Waals surface area contributed by atoms with Crippen molar-refractivity contribution in [1.82, 2.24) is 0 Å². The molecule has 0 radical (unpaired) electrons. The summed E-state index contributed by atoms with van der Waals surface area (Å²) < 4.78 is 41.2. The number of nitrogens with two attached hydrogens (primary N) is 1. The van der Waals surface area contributed by atoms with E-state index in [1.165, 1.54) is 0 Å². The number of amides is 1. The van der Waals surface area contributed by atoms with Gasteiger partial charge in [0.2, 0.25) is 15.9 Å². The zero-order chi connectivity index (χ0) is 15.7. The van der Waals surface area contributed by atoms with Crippen molar-refractivity contribution in [2.24, 2.45) is 5.14 Å². The van der Waals surface area contributed by atoms with E-state index in [4.69, 9.17) is 9.88 Å². The Morgan fingerprint density at radius 1 is 1.43 bits per heavy atom. The number of sulfonamides is 1. The summed E-state index contributed by atoms with van der Waals surface area (Å²) in [6, 6.07) is 2.96. The van der Waals surface area contributed by atoms with E-state index in [-0.39, 0.29) is 22.9 Å². The van der Waals surface area contributed by atoms with Crippen molar-refractivity contribution < 1.29 is 22.3 Å². The molecule has 1 aromatic carbocycles. The average molecular weight is 316 g/mol. The first kappa shape index (κ1) is 15.9. The first-order chi connectivity index (χ1) is 9.74. The normalized spacial score (nSPS) is 17.1. The summed E-state index contributed by atoms with van der Waals surface area (Å²) in [5, 5.41) is 7.43. The molecule has 8 heteroatoms. The van der Waals surface area contributed by atoms with Crippen molar-refractivity contribution in [1.29, 1.82) is 0 Å². The zero-order valence-corrected chi connectivity index (χ0v) is 12.4. The first-order valence-electron chi connectivity index (χ1n) is 6.42. The van der Waals surface area contributed by atoms with Gasteiger partial charge in [0.15, 0.2) is 0 Å². The summed E-state index contributed by atoms with van der Waals surface area (Å²) in [6.45, 7) is 0. The monoisotopic (exact) mass is 316 g/mol. The summed E-state index contributed by atoms with van der Waals surface area (Å²) in [6.07, 6.45) is 2.73. The molecule has 1 saturated carbocycles. The molecular weight excluding hydrogens is 299 g/mol. The van der Waals surface area contributed by atoms with Crippen LogP contribution in [0.2, 0.25) is 0 Å². The Balaban J connectivity index is 2.12. The Labute approximate surface area is 122 Å². The predicted molar refractivity (Wildman–Crippen MR) is 74.6 cm³/mol. The Hall–Kier alpha value is -1.51. The summed E-state index contributed by atoms with van der Waals surface area (Å²) >= 11 is 0. The van der Waals surface area contributed by atoms with Crippen LogP contribution in [0.25, 0.3) is 0 Å². The van der Waals surface area contributed by atoms with Gasteiger partial charge >= 0.3 is 0 Å². The van der Waals surface area contributed by atoms with E-state index >= 15 is 0 Å². The number of methoxy groups -OCH3 is 1. The van der Waals surface area contributed by atoms with Crippen molar-refractivity contribution in [3.8, 4) is 0 Å². The van der Waals surface area contributed by atoms with E-state index in [0.717, 1.165) is 37.5 Å². The van der Waals surface area contributed by atoms with Gasteiger partial charge in [0, 0.05) is 12.8 Å². The molecule has 1 aliphatic rings. The molecule has 0 atom stereocenters. The zero-order valence-electron chi connectivity index (χ0n) is 11.6. The van der Waals surface area contributed by atoms with Crippen LogP contribution in [-0.4, -0.2) is 27.0 Å². The standard InChI is InChI=1S/C13H17FN2O4S/c1-20-13(3-2-4-13)8-12(17)16-10-5-9(14)6-11(7-10)21(15,18)19/h5-7H,2-4,8H2,1H3,(H,16,17)(H2,15,18,19). The number of ether oxygens (including phenoxy) is 1. The van der Waals surface area contributed by atoms with Gasteiger partial charge in [-0.05, 0) is 37.5 Å². The maximum Gasteiger partial charge on any atom is 0.238 e. The Bertz CT molecular complexity index is 651. The minimum absolute atomic E-state index is 0.0506. The third kappa shape index (κ3) is 3.78.